The third kappa shape index (κ3) is 7.34. The number of carbonyl (C=O) groups excluding carboxylic acids is 1. The van der Waals surface area contributed by atoms with Crippen molar-refractivity contribution in [3.8, 4) is 0 Å². The van der Waals surface area contributed by atoms with Crippen molar-refractivity contribution in [2.45, 2.75) is 77.1 Å². The lowest BCUT2D eigenvalue weighted by atomic mass is 9.80. The van der Waals surface area contributed by atoms with Crippen LogP contribution in [0.25, 0.3) is 0 Å². The molecule has 2 aliphatic rings. The summed E-state index contributed by atoms with van der Waals surface area (Å²) in [5.74, 6) is -1.29. The number of amides is 1. The molecule has 12 heteroatoms. The molecule has 9 nitrogen and oxygen atoms in total. The van der Waals surface area contributed by atoms with E-state index < -0.39 is 23.5 Å². The van der Waals surface area contributed by atoms with Crippen LogP contribution in [0.4, 0.5) is 30.5 Å². The van der Waals surface area contributed by atoms with Gasteiger partial charge < -0.3 is 20.2 Å². The van der Waals surface area contributed by atoms with Crippen molar-refractivity contribution in [2.75, 3.05) is 23.9 Å². The maximum atomic E-state index is 13.4. The summed E-state index contributed by atoms with van der Waals surface area (Å²) in [7, 11) is 1.69. The fourth-order valence-corrected chi connectivity index (χ4v) is 5.52. The third-order valence-electron chi connectivity index (χ3n) is 8.11. The highest BCUT2D eigenvalue weighted by Gasteiger charge is 2.32. The number of carboxylic acid groups (broad SMARTS) is 1. The molecule has 1 heterocycles. The molecule has 1 aromatic carbocycles. The van der Waals surface area contributed by atoms with Gasteiger partial charge in [-0.15, -0.1) is 0 Å². The van der Waals surface area contributed by atoms with Crippen LogP contribution >= 0.6 is 0 Å². The van der Waals surface area contributed by atoms with Gasteiger partial charge in [0.15, 0.2) is 11.6 Å². The second-order valence-corrected chi connectivity index (χ2v) is 11.1. The number of aliphatic imine (C=N–C) groups is 1. The van der Waals surface area contributed by atoms with Gasteiger partial charge in [0.2, 0.25) is 11.7 Å². The zero-order chi connectivity index (χ0) is 29.7. The molecule has 1 amide bonds. The van der Waals surface area contributed by atoms with Gasteiger partial charge in [-0.1, -0.05) is 37.8 Å². The Bertz CT molecular complexity index is 1240. The number of aromatic nitrogens is 2. The fourth-order valence-electron chi connectivity index (χ4n) is 5.52. The summed E-state index contributed by atoms with van der Waals surface area (Å²) in [6.07, 6.45) is 3.39. The molecule has 0 aliphatic heterocycles. The van der Waals surface area contributed by atoms with Crippen LogP contribution in [-0.4, -0.2) is 58.3 Å². The minimum absolute atomic E-state index is 0.00568. The Hall–Kier alpha value is -3.70. The van der Waals surface area contributed by atoms with E-state index >= 15 is 0 Å². The van der Waals surface area contributed by atoms with Crippen molar-refractivity contribution in [1.29, 1.82) is 0 Å². The number of carbonyl (C=O) groups is 2. The van der Waals surface area contributed by atoms with Crippen molar-refractivity contribution < 1.29 is 27.9 Å². The van der Waals surface area contributed by atoms with E-state index in [1.165, 1.54) is 12.1 Å². The Morgan fingerprint density at radius 3 is 2.29 bits per heavy atom. The molecular weight excluding hydrogens is 537 g/mol. The molecule has 1 atom stereocenters. The predicted molar refractivity (Wildman–Crippen MR) is 150 cm³/mol. The highest BCUT2D eigenvalue weighted by atomic mass is 19.4. The summed E-state index contributed by atoms with van der Waals surface area (Å²) in [6, 6.07) is 4.76. The number of alkyl halides is 3. The third-order valence-corrected chi connectivity index (χ3v) is 8.11. The zero-order valence-corrected chi connectivity index (χ0v) is 23.5. The Morgan fingerprint density at radius 1 is 1.10 bits per heavy atom. The Kier molecular flexibility index (Phi) is 9.49. The highest BCUT2D eigenvalue weighted by Crippen LogP contribution is 2.38. The fraction of sp³-hybridized carbons (Fsp3) is 0.552. The molecule has 2 aliphatic carbocycles. The summed E-state index contributed by atoms with van der Waals surface area (Å²) < 4.78 is 39.6. The van der Waals surface area contributed by atoms with Crippen LogP contribution in [0.3, 0.4) is 0 Å². The van der Waals surface area contributed by atoms with Crippen molar-refractivity contribution in [1.82, 2.24) is 14.9 Å². The first kappa shape index (κ1) is 30.3. The minimum Gasteiger partial charge on any atom is -0.475 e. The minimum atomic E-state index is -4.47. The van der Waals surface area contributed by atoms with Crippen molar-refractivity contribution in [2.24, 2.45) is 16.8 Å². The normalized spacial score (nSPS) is 16.9. The van der Waals surface area contributed by atoms with Crippen molar-refractivity contribution >= 4 is 35.9 Å². The smallest absolute Gasteiger partial charge is 0.416 e. The maximum absolute atomic E-state index is 13.4. The van der Waals surface area contributed by atoms with Gasteiger partial charge in [-0.05, 0) is 62.9 Å². The molecule has 4 rings (SSSR count). The van der Waals surface area contributed by atoms with Crippen LogP contribution in [0.15, 0.2) is 29.3 Å². The number of anilines is 2. The molecule has 222 valence electrons. The monoisotopic (exact) mass is 574 g/mol. The Morgan fingerprint density at radius 2 is 1.76 bits per heavy atom. The number of benzene rings is 1. The summed E-state index contributed by atoms with van der Waals surface area (Å²) in [5, 5.41) is 13.0. The molecule has 0 spiro atoms. The van der Waals surface area contributed by atoms with E-state index in [4.69, 9.17) is 0 Å². The molecule has 2 aromatic rings. The maximum Gasteiger partial charge on any atom is 0.416 e. The molecule has 41 heavy (non-hydrogen) atoms. The van der Waals surface area contributed by atoms with Gasteiger partial charge in [-0.3, -0.25) is 4.79 Å². The largest absolute Gasteiger partial charge is 0.475 e. The highest BCUT2D eigenvalue weighted by molar-refractivity contribution is 5.88. The summed E-state index contributed by atoms with van der Waals surface area (Å²) in [6.45, 7) is 5.74. The Labute approximate surface area is 237 Å². The quantitative estimate of drug-likeness (QED) is 0.245. The number of rotatable bonds is 11. The van der Waals surface area contributed by atoms with Gasteiger partial charge in [-0.2, -0.15) is 13.2 Å². The average molecular weight is 575 g/mol. The van der Waals surface area contributed by atoms with Gasteiger partial charge in [0, 0.05) is 25.6 Å². The first-order valence-corrected chi connectivity index (χ1v) is 14.0. The lowest BCUT2D eigenvalue weighted by molar-refractivity contribution is -0.137. The number of aromatic carboxylic acids is 1. The van der Waals surface area contributed by atoms with E-state index in [-0.39, 0.29) is 42.7 Å². The van der Waals surface area contributed by atoms with Gasteiger partial charge in [0.25, 0.3) is 0 Å². The van der Waals surface area contributed by atoms with Crippen LogP contribution in [0.2, 0.25) is 0 Å². The number of nitrogens with zero attached hydrogens (tertiary/aromatic N) is 5. The van der Waals surface area contributed by atoms with E-state index in [0.29, 0.717) is 17.2 Å². The standard InChI is InChI=1S/C29H37F3N6O3/c1-18(20-10-7-11-20)34-25-23(24(33-2)35-26(36-25)28(40)41)38(16-19-12-14-22(15-13-19)29(30,31)32)17-37(3)27(39)21-8-5-4-6-9-21/h12-15,18,20-21H,2,4-11,16-17H2,1,3H3,(H,40,41)(H,34,35,36)/t18-/m1/s1. The van der Waals surface area contributed by atoms with Crippen LogP contribution < -0.4 is 10.2 Å². The van der Waals surface area contributed by atoms with Crippen LogP contribution in [0.5, 0.6) is 0 Å². The summed E-state index contributed by atoms with van der Waals surface area (Å²) in [5.41, 5.74) is 0.114. The first-order valence-electron chi connectivity index (χ1n) is 14.0. The topological polar surface area (TPSA) is 111 Å². The second-order valence-electron chi connectivity index (χ2n) is 11.1. The van der Waals surface area contributed by atoms with Crippen LogP contribution in [0.1, 0.15) is 80.0 Å². The van der Waals surface area contributed by atoms with Gasteiger partial charge in [0.1, 0.15) is 5.69 Å². The predicted octanol–water partition coefficient (Wildman–Crippen LogP) is 6.13. The van der Waals surface area contributed by atoms with E-state index in [1.807, 2.05) is 6.92 Å². The van der Waals surface area contributed by atoms with Crippen molar-refractivity contribution in [3.63, 3.8) is 0 Å². The lowest BCUT2D eigenvalue weighted by Crippen LogP contribution is -2.43. The number of carboxylic acids is 1. The molecular formula is C29H37F3N6O3. The molecule has 0 radical (unpaired) electrons. The van der Waals surface area contributed by atoms with Crippen LogP contribution in [-0.2, 0) is 17.5 Å². The molecule has 1 aromatic heterocycles. The average Bonchev–Trinajstić information content (AvgIpc) is 2.91. The molecule has 2 saturated carbocycles. The number of hydrogen-bond acceptors (Lipinski definition) is 7. The van der Waals surface area contributed by atoms with Gasteiger partial charge in [0.05, 0.1) is 12.2 Å². The molecule has 2 N–H and O–H groups in total. The zero-order valence-electron chi connectivity index (χ0n) is 23.5. The molecule has 0 saturated heterocycles. The summed E-state index contributed by atoms with van der Waals surface area (Å²) >= 11 is 0. The lowest BCUT2D eigenvalue weighted by Gasteiger charge is -2.36. The second kappa shape index (κ2) is 12.9. The van der Waals surface area contributed by atoms with E-state index in [2.05, 4.69) is 27.0 Å². The summed E-state index contributed by atoms with van der Waals surface area (Å²) in [4.78, 5) is 41.0. The molecule has 0 unspecified atom stereocenters. The molecule has 0 bridgehead atoms. The number of hydrogen-bond donors (Lipinski definition) is 2. The van der Waals surface area contributed by atoms with E-state index in [9.17, 15) is 27.9 Å². The van der Waals surface area contributed by atoms with Gasteiger partial charge in [-0.25, -0.2) is 19.8 Å². The first-order chi connectivity index (χ1) is 19.5. The SMILES string of the molecule is C=Nc1nc(C(=O)O)nc(N[C@H](C)C2CCC2)c1N(Cc1ccc(C(F)(F)F)cc1)CN(C)C(=O)C1CCCCC1. The van der Waals surface area contributed by atoms with E-state index in [0.717, 1.165) is 63.5 Å². The van der Waals surface area contributed by atoms with Gasteiger partial charge >= 0.3 is 12.1 Å². The van der Waals surface area contributed by atoms with Crippen LogP contribution in [0, 0.1) is 11.8 Å². The number of halogens is 3. The van der Waals surface area contributed by atoms with Crippen molar-refractivity contribution in [3.05, 3.63) is 41.2 Å². The number of nitrogens with one attached hydrogen (secondary N) is 1. The Balaban J connectivity index is 1.74. The van der Waals surface area contributed by atoms with E-state index in [1.54, 1.807) is 16.8 Å². The molecule has 2 fully saturated rings.